The molecule has 3 rings (SSSR count). The standard InChI is InChI=1S/C21H19NO6S/c1-25-16-10-9-14(11-17(16)26-2)19-22-15(12-29-19)20(23)28-18(21(24)27-3)13-7-5-4-6-8-13/h4-12,18H,1-3H3. The number of ether oxygens (including phenoxy) is 4. The molecule has 0 bridgehead atoms. The van der Waals surface area contributed by atoms with E-state index in [4.69, 9.17) is 18.9 Å². The molecular weight excluding hydrogens is 394 g/mol. The number of thiazole rings is 1. The number of hydrogen-bond acceptors (Lipinski definition) is 8. The second kappa shape index (κ2) is 9.20. The first-order chi connectivity index (χ1) is 14.1. The topological polar surface area (TPSA) is 84.0 Å². The molecule has 1 aromatic heterocycles. The van der Waals surface area contributed by atoms with Crippen LogP contribution < -0.4 is 9.47 Å². The zero-order chi connectivity index (χ0) is 20.8. The van der Waals surface area contributed by atoms with Gasteiger partial charge in [0.2, 0.25) is 6.10 Å². The average molecular weight is 413 g/mol. The third-order valence-electron chi connectivity index (χ3n) is 4.09. The molecule has 1 heterocycles. The van der Waals surface area contributed by atoms with E-state index in [1.807, 2.05) is 6.07 Å². The summed E-state index contributed by atoms with van der Waals surface area (Å²) >= 11 is 1.28. The van der Waals surface area contributed by atoms with Gasteiger partial charge in [-0.05, 0) is 18.2 Å². The number of nitrogens with zero attached hydrogens (tertiary/aromatic N) is 1. The fourth-order valence-electron chi connectivity index (χ4n) is 2.62. The van der Waals surface area contributed by atoms with Gasteiger partial charge in [-0.3, -0.25) is 0 Å². The fourth-order valence-corrected chi connectivity index (χ4v) is 3.41. The van der Waals surface area contributed by atoms with E-state index in [1.165, 1.54) is 18.4 Å². The number of methoxy groups -OCH3 is 3. The van der Waals surface area contributed by atoms with Crippen LogP contribution in [0.5, 0.6) is 11.5 Å². The summed E-state index contributed by atoms with van der Waals surface area (Å²) < 4.78 is 20.7. The van der Waals surface area contributed by atoms with Crippen LogP contribution in [0.4, 0.5) is 0 Å². The van der Waals surface area contributed by atoms with Crippen molar-refractivity contribution in [3.05, 3.63) is 65.2 Å². The molecule has 3 aromatic rings. The second-order valence-electron chi connectivity index (χ2n) is 5.83. The maximum Gasteiger partial charge on any atom is 0.359 e. The Labute approximate surface area is 171 Å². The highest BCUT2D eigenvalue weighted by atomic mass is 32.1. The third-order valence-corrected chi connectivity index (χ3v) is 4.98. The SMILES string of the molecule is COC(=O)C(OC(=O)c1csc(-c2ccc(OC)c(OC)c2)n1)c1ccccc1. The van der Waals surface area contributed by atoms with Crippen molar-refractivity contribution in [3.8, 4) is 22.1 Å². The summed E-state index contributed by atoms with van der Waals surface area (Å²) in [6.07, 6.45) is -1.17. The van der Waals surface area contributed by atoms with Crippen LogP contribution in [0.15, 0.2) is 53.9 Å². The van der Waals surface area contributed by atoms with Gasteiger partial charge in [0.05, 0.1) is 21.3 Å². The fraction of sp³-hybridized carbons (Fsp3) is 0.190. The second-order valence-corrected chi connectivity index (χ2v) is 6.68. The highest BCUT2D eigenvalue weighted by Gasteiger charge is 2.27. The number of carbonyl (C=O) groups excluding carboxylic acids is 2. The zero-order valence-electron chi connectivity index (χ0n) is 16.1. The van der Waals surface area contributed by atoms with Crippen LogP contribution in [0, 0.1) is 0 Å². The van der Waals surface area contributed by atoms with Crippen molar-refractivity contribution >= 4 is 23.3 Å². The third kappa shape index (κ3) is 4.55. The smallest absolute Gasteiger partial charge is 0.359 e. The van der Waals surface area contributed by atoms with Crippen molar-refractivity contribution in [2.24, 2.45) is 0 Å². The summed E-state index contributed by atoms with van der Waals surface area (Å²) in [4.78, 5) is 29.0. The molecule has 0 fully saturated rings. The van der Waals surface area contributed by atoms with Crippen molar-refractivity contribution in [2.45, 2.75) is 6.10 Å². The van der Waals surface area contributed by atoms with Crippen LogP contribution in [0.1, 0.15) is 22.2 Å². The van der Waals surface area contributed by atoms with E-state index in [2.05, 4.69) is 4.98 Å². The van der Waals surface area contributed by atoms with Crippen LogP contribution in [-0.2, 0) is 14.3 Å². The molecule has 29 heavy (non-hydrogen) atoms. The number of benzene rings is 2. The lowest BCUT2D eigenvalue weighted by Crippen LogP contribution is -2.21. The largest absolute Gasteiger partial charge is 0.493 e. The van der Waals surface area contributed by atoms with Gasteiger partial charge in [-0.1, -0.05) is 30.3 Å². The Kier molecular flexibility index (Phi) is 6.46. The lowest BCUT2D eigenvalue weighted by molar-refractivity contribution is -0.151. The molecule has 1 unspecified atom stereocenters. The Bertz CT molecular complexity index is 1000. The van der Waals surface area contributed by atoms with Gasteiger partial charge < -0.3 is 18.9 Å². The monoisotopic (exact) mass is 413 g/mol. The van der Waals surface area contributed by atoms with E-state index >= 15 is 0 Å². The number of carbonyl (C=O) groups is 2. The van der Waals surface area contributed by atoms with Crippen LogP contribution in [-0.4, -0.2) is 38.3 Å². The first-order valence-electron chi connectivity index (χ1n) is 8.59. The zero-order valence-corrected chi connectivity index (χ0v) is 16.9. The Balaban J connectivity index is 1.82. The number of aromatic nitrogens is 1. The molecule has 2 aromatic carbocycles. The van der Waals surface area contributed by atoms with Crippen LogP contribution in [0.25, 0.3) is 10.6 Å². The Morgan fingerprint density at radius 3 is 2.34 bits per heavy atom. The lowest BCUT2D eigenvalue weighted by Gasteiger charge is -2.15. The van der Waals surface area contributed by atoms with Gasteiger partial charge in [0.15, 0.2) is 17.2 Å². The van der Waals surface area contributed by atoms with Crippen molar-refractivity contribution in [1.29, 1.82) is 0 Å². The molecule has 0 N–H and O–H groups in total. The number of esters is 2. The van der Waals surface area contributed by atoms with E-state index in [0.717, 1.165) is 5.56 Å². The summed E-state index contributed by atoms with van der Waals surface area (Å²) in [5, 5.41) is 2.18. The maximum absolute atomic E-state index is 12.6. The van der Waals surface area contributed by atoms with Crippen molar-refractivity contribution in [3.63, 3.8) is 0 Å². The van der Waals surface area contributed by atoms with Gasteiger partial charge in [-0.15, -0.1) is 11.3 Å². The molecule has 0 spiro atoms. The van der Waals surface area contributed by atoms with E-state index in [9.17, 15) is 9.59 Å². The first-order valence-corrected chi connectivity index (χ1v) is 9.47. The normalized spacial score (nSPS) is 11.4. The van der Waals surface area contributed by atoms with Crippen molar-refractivity contribution in [1.82, 2.24) is 4.98 Å². The molecule has 7 nitrogen and oxygen atoms in total. The predicted molar refractivity (Wildman–Crippen MR) is 107 cm³/mol. The average Bonchev–Trinajstić information content (AvgIpc) is 3.27. The summed E-state index contributed by atoms with van der Waals surface area (Å²) in [6, 6.07) is 14.0. The molecule has 0 saturated carbocycles. The summed E-state index contributed by atoms with van der Waals surface area (Å²) in [6.45, 7) is 0. The summed E-state index contributed by atoms with van der Waals surface area (Å²) in [7, 11) is 4.34. The Hall–Kier alpha value is -3.39. The minimum Gasteiger partial charge on any atom is -0.493 e. The van der Waals surface area contributed by atoms with Gasteiger partial charge in [-0.25, -0.2) is 14.6 Å². The minimum absolute atomic E-state index is 0.101. The highest BCUT2D eigenvalue weighted by molar-refractivity contribution is 7.13. The maximum atomic E-state index is 12.6. The summed E-state index contributed by atoms with van der Waals surface area (Å²) in [5.41, 5.74) is 1.38. The van der Waals surface area contributed by atoms with Crippen LogP contribution in [0.3, 0.4) is 0 Å². The molecule has 0 radical (unpaired) electrons. The molecule has 0 aliphatic heterocycles. The molecule has 0 aliphatic rings. The van der Waals surface area contributed by atoms with E-state index in [-0.39, 0.29) is 5.69 Å². The molecule has 150 valence electrons. The van der Waals surface area contributed by atoms with Gasteiger partial charge >= 0.3 is 11.9 Å². The molecular formula is C21H19NO6S. The van der Waals surface area contributed by atoms with Gasteiger partial charge in [0.1, 0.15) is 5.01 Å². The van der Waals surface area contributed by atoms with Crippen LogP contribution >= 0.6 is 11.3 Å². The molecule has 1 atom stereocenters. The van der Waals surface area contributed by atoms with E-state index in [0.29, 0.717) is 22.1 Å². The van der Waals surface area contributed by atoms with E-state index in [1.54, 1.807) is 62.1 Å². The van der Waals surface area contributed by atoms with Crippen molar-refractivity contribution in [2.75, 3.05) is 21.3 Å². The predicted octanol–water partition coefficient (Wildman–Crippen LogP) is 3.90. The van der Waals surface area contributed by atoms with Crippen molar-refractivity contribution < 1.29 is 28.5 Å². The Morgan fingerprint density at radius 2 is 1.69 bits per heavy atom. The molecule has 0 aliphatic carbocycles. The minimum atomic E-state index is -1.17. The lowest BCUT2D eigenvalue weighted by atomic mass is 10.1. The molecule has 0 amide bonds. The van der Waals surface area contributed by atoms with Gasteiger partial charge in [0.25, 0.3) is 0 Å². The molecule has 0 saturated heterocycles. The quantitative estimate of drug-likeness (QED) is 0.543. The van der Waals surface area contributed by atoms with Gasteiger partial charge in [-0.2, -0.15) is 0 Å². The highest BCUT2D eigenvalue weighted by Crippen LogP contribution is 2.33. The first kappa shape index (κ1) is 20.3. The van der Waals surface area contributed by atoms with Crippen LogP contribution in [0.2, 0.25) is 0 Å². The van der Waals surface area contributed by atoms with E-state index < -0.39 is 18.0 Å². The molecule has 8 heteroatoms. The number of rotatable bonds is 7. The number of hydrogen-bond donors (Lipinski definition) is 0. The summed E-state index contributed by atoms with van der Waals surface area (Å²) in [5.74, 6) is -0.234. The van der Waals surface area contributed by atoms with Gasteiger partial charge in [0, 0.05) is 16.5 Å². The Morgan fingerprint density at radius 1 is 0.966 bits per heavy atom.